The molecule has 0 atom stereocenters. The summed E-state index contributed by atoms with van der Waals surface area (Å²) >= 11 is 5.99. The lowest BCUT2D eigenvalue weighted by Gasteiger charge is -2.29. The second kappa shape index (κ2) is 11.1. The highest BCUT2D eigenvalue weighted by atomic mass is 35.5. The summed E-state index contributed by atoms with van der Waals surface area (Å²) in [6.45, 7) is 8.44. The summed E-state index contributed by atoms with van der Waals surface area (Å²) in [5, 5.41) is 3.05. The second-order valence-electron chi connectivity index (χ2n) is 10.7. The van der Waals surface area contributed by atoms with Crippen molar-refractivity contribution in [3.05, 3.63) is 94.6 Å². The van der Waals surface area contributed by atoms with Crippen molar-refractivity contribution in [3.8, 4) is 11.3 Å². The molecule has 1 aliphatic heterocycles. The summed E-state index contributed by atoms with van der Waals surface area (Å²) in [5.41, 5.74) is 6.11. The number of nitrogens with one attached hydrogen (secondary N) is 1. The van der Waals surface area contributed by atoms with Crippen molar-refractivity contribution in [2.45, 2.75) is 52.2 Å². The monoisotopic (exact) mass is 573 g/mol. The molecule has 1 aliphatic rings. The lowest BCUT2D eigenvalue weighted by Crippen LogP contribution is -2.30. The molecule has 7 nitrogen and oxygen atoms in total. The van der Waals surface area contributed by atoms with E-state index in [-0.39, 0.29) is 23.2 Å². The second-order valence-corrected chi connectivity index (χ2v) is 11.0. The Morgan fingerprint density at radius 1 is 0.951 bits per heavy atom. The molecule has 2 aromatic carbocycles. The Kier molecular flexibility index (Phi) is 7.40. The quantitative estimate of drug-likeness (QED) is 0.209. The Bertz CT molecular complexity index is 1730. The van der Waals surface area contributed by atoms with E-state index < -0.39 is 11.6 Å². The highest BCUT2D eigenvalue weighted by Gasteiger charge is 2.19. The highest BCUT2D eigenvalue weighted by molar-refractivity contribution is 6.17. The third-order valence-corrected chi connectivity index (χ3v) is 7.75. The van der Waals surface area contributed by atoms with E-state index in [4.69, 9.17) is 11.6 Å². The van der Waals surface area contributed by atoms with Crippen LogP contribution in [0.2, 0.25) is 0 Å². The van der Waals surface area contributed by atoms with Gasteiger partial charge in [0, 0.05) is 43.3 Å². The van der Waals surface area contributed by atoms with Crippen LogP contribution in [-0.2, 0) is 25.4 Å². The molecular formula is C31H30ClF2N7. The molecule has 0 saturated heterocycles. The molecule has 4 heterocycles. The lowest BCUT2D eigenvalue weighted by molar-refractivity contribution is 0.245. The molecule has 6 rings (SSSR count). The Morgan fingerprint density at radius 3 is 2.54 bits per heavy atom. The van der Waals surface area contributed by atoms with Gasteiger partial charge in [-0.2, -0.15) is 0 Å². The van der Waals surface area contributed by atoms with E-state index in [1.54, 1.807) is 6.07 Å². The van der Waals surface area contributed by atoms with Gasteiger partial charge >= 0.3 is 0 Å². The van der Waals surface area contributed by atoms with E-state index in [2.05, 4.69) is 48.4 Å². The number of fused-ring (bicyclic) bond motifs is 2. The van der Waals surface area contributed by atoms with Gasteiger partial charge in [-0.3, -0.25) is 4.90 Å². The van der Waals surface area contributed by atoms with Crippen LogP contribution in [0.5, 0.6) is 0 Å². The van der Waals surface area contributed by atoms with Crippen molar-refractivity contribution in [1.29, 1.82) is 0 Å². The van der Waals surface area contributed by atoms with E-state index in [1.165, 1.54) is 17.2 Å². The fraction of sp³-hybridized carbons (Fsp3) is 0.290. The zero-order valence-electron chi connectivity index (χ0n) is 23.1. The number of hydrogen-bond acceptors (Lipinski definition) is 6. The third-order valence-electron chi connectivity index (χ3n) is 7.45. The normalized spacial score (nSPS) is 13.6. The van der Waals surface area contributed by atoms with Gasteiger partial charge < -0.3 is 9.88 Å². The number of alkyl halides is 1. The predicted molar refractivity (Wildman–Crippen MR) is 157 cm³/mol. The summed E-state index contributed by atoms with van der Waals surface area (Å²) in [7, 11) is 0. The van der Waals surface area contributed by atoms with E-state index in [9.17, 15) is 4.39 Å². The Hall–Kier alpha value is -3.95. The molecule has 10 heteroatoms. The summed E-state index contributed by atoms with van der Waals surface area (Å²) in [6.07, 6.45) is 3.89. The summed E-state index contributed by atoms with van der Waals surface area (Å²) in [5.74, 6) is 0.746. The fourth-order valence-corrected chi connectivity index (χ4v) is 5.70. The van der Waals surface area contributed by atoms with Crippen molar-refractivity contribution in [3.63, 3.8) is 0 Å². The summed E-state index contributed by atoms with van der Waals surface area (Å²) in [4.78, 5) is 19.7. The lowest BCUT2D eigenvalue weighted by atomic mass is 9.97. The van der Waals surface area contributed by atoms with Crippen LogP contribution in [0.4, 0.5) is 20.5 Å². The van der Waals surface area contributed by atoms with Crippen LogP contribution in [0.3, 0.4) is 0 Å². The number of halogens is 3. The van der Waals surface area contributed by atoms with E-state index in [0.717, 1.165) is 43.4 Å². The summed E-state index contributed by atoms with van der Waals surface area (Å²) < 4.78 is 31.8. The molecule has 0 aliphatic carbocycles. The number of rotatable bonds is 7. The first-order chi connectivity index (χ1) is 19.8. The number of anilines is 2. The van der Waals surface area contributed by atoms with Gasteiger partial charge in [0.05, 0.1) is 11.7 Å². The molecule has 0 unspecified atom stereocenters. The van der Waals surface area contributed by atoms with Gasteiger partial charge in [-0.05, 0) is 67.6 Å². The molecular weight excluding hydrogens is 544 g/mol. The topological polar surface area (TPSA) is 71.8 Å². The molecule has 0 bridgehead atoms. The molecule has 210 valence electrons. The van der Waals surface area contributed by atoms with Gasteiger partial charge in [-0.25, -0.2) is 28.7 Å². The van der Waals surface area contributed by atoms with Gasteiger partial charge in [0.1, 0.15) is 22.9 Å². The maximum atomic E-state index is 15.0. The van der Waals surface area contributed by atoms with Gasteiger partial charge in [0.15, 0.2) is 11.6 Å². The Balaban J connectivity index is 1.18. The molecule has 0 spiro atoms. The minimum absolute atomic E-state index is 0.00220. The van der Waals surface area contributed by atoms with Crippen LogP contribution in [0.1, 0.15) is 48.0 Å². The van der Waals surface area contributed by atoms with E-state index in [1.807, 2.05) is 43.7 Å². The number of hydrogen-bond donors (Lipinski definition) is 1. The predicted octanol–water partition coefficient (Wildman–Crippen LogP) is 7.10. The van der Waals surface area contributed by atoms with Crippen molar-refractivity contribution < 1.29 is 8.78 Å². The number of imidazole rings is 1. The SMILES string of the molecule is Cc1nc2c(F)cc(-c3nc(Nc4ccc(CN5CCc6cc(CCl)ccc6C5)cn4)ncc3F)cc2n1C(C)C. The van der Waals surface area contributed by atoms with Crippen LogP contribution >= 0.6 is 11.6 Å². The average molecular weight is 574 g/mol. The van der Waals surface area contributed by atoms with Crippen molar-refractivity contribution in [2.24, 2.45) is 0 Å². The first kappa shape index (κ1) is 27.2. The van der Waals surface area contributed by atoms with Crippen LogP contribution in [-0.4, -0.2) is 35.9 Å². The Labute approximate surface area is 242 Å². The standard InChI is InChI=1S/C31H30ClF2N7/c1-18(2)41-19(3)37-30-25(33)11-24(12-27(30)41)29-26(34)15-36-31(39-29)38-28-7-5-21(14-35-28)16-40-9-8-22-10-20(13-32)4-6-23(22)17-40/h4-7,10-12,14-15,18H,8-9,13,16-17H2,1-3H3,(H,35,36,38,39). The Morgan fingerprint density at radius 2 is 1.78 bits per heavy atom. The molecule has 0 fully saturated rings. The van der Waals surface area contributed by atoms with Crippen LogP contribution in [0.25, 0.3) is 22.3 Å². The number of nitrogens with zero attached hydrogens (tertiary/aromatic N) is 6. The maximum absolute atomic E-state index is 15.0. The minimum Gasteiger partial charge on any atom is -0.326 e. The first-order valence-corrected chi connectivity index (χ1v) is 14.1. The number of aromatic nitrogens is 5. The van der Waals surface area contributed by atoms with Crippen molar-refractivity contribution in [2.75, 3.05) is 11.9 Å². The van der Waals surface area contributed by atoms with E-state index in [0.29, 0.717) is 28.6 Å². The maximum Gasteiger partial charge on any atom is 0.229 e. The highest BCUT2D eigenvalue weighted by Crippen LogP contribution is 2.30. The smallest absolute Gasteiger partial charge is 0.229 e. The summed E-state index contributed by atoms with van der Waals surface area (Å²) in [6, 6.07) is 13.4. The van der Waals surface area contributed by atoms with Gasteiger partial charge in [0.25, 0.3) is 0 Å². The molecule has 41 heavy (non-hydrogen) atoms. The molecule has 1 N–H and O–H groups in total. The van der Waals surface area contributed by atoms with Crippen LogP contribution in [0.15, 0.2) is 54.9 Å². The number of benzene rings is 2. The molecule has 0 radical (unpaired) electrons. The van der Waals surface area contributed by atoms with Crippen molar-refractivity contribution in [1.82, 2.24) is 29.4 Å². The van der Waals surface area contributed by atoms with Crippen LogP contribution in [0, 0.1) is 18.6 Å². The first-order valence-electron chi connectivity index (χ1n) is 13.6. The van der Waals surface area contributed by atoms with Gasteiger partial charge in [-0.15, -0.1) is 11.6 Å². The fourth-order valence-electron chi connectivity index (χ4n) is 5.53. The average Bonchev–Trinajstić information content (AvgIpc) is 3.31. The zero-order chi connectivity index (χ0) is 28.7. The zero-order valence-corrected chi connectivity index (χ0v) is 23.9. The molecule has 0 saturated carbocycles. The van der Waals surface area contributed by atoms with Crippen LogP contribution < -0.4 is 5.32 Å². The number of pyridine rings is 1. The largest absolute Gasteiger partial charge is 0.326 e. The molecule has 0 amide bonds. The number of aryl methyl sites for hydroxylation is 1. The molecule has 3 aromatic heterocycles. The van der Waals surface area contributed by atoms with Crippen molar-refractivity contribution >= 4 is 34.4 Å². The van der Waals surface area contributed by atoms with Gasteiger partial charge in [0.2, 0.25) is 5.95 Å². The minimum atomic E-state index is -0.646. The van der Waals surface area contributed by atoms with E-state index >= 15 is 4.39 Å². The van der Waals surface area contributed by atoms with Gasteiger partial charge in [-0.1, -0.05) is 24.3 Å². The molecule has 5 aromatic rings. The third kappa shape index (κ3) is 5.52.